The van der Waals surface area contributed by atoms with Crippen molar-refractivity contribution in [3.63, 3.8) is 0 Å². The Balaban J connectivity index is 2.35. The number of pyridine rings is 1. The highest BCUT2D eigenvalue weighted by molar-refractivity contribution is 5.33. The second kappa shape index (κ2) is 4.30. The largest absolute Gasteiger partial charge is 0.313 e. The van der Waals surface area contributed by atoms with Crippen LogP contribution in [0.3, 0.4) is 0 Å². The van der Waals surface area contributed by atoms with E-state index in [0.717, 1.165) is 0 Å². The van der Waals surface area contributed by atoms with Crippen molar-refractivity contribution in [2.75, 3.05) is 13.1 Å². The fraction of sp³-hybridized carbons (Fsp3) is 0.500. The van der Waals surface area contributed by atoms with E-state index in [0.29, 0.717) is 18.5 Å². The van der Waals surface area contributed by atoms with Crippen LogP contribution in [0, 0.1) is 18.3 Å². The van der Waals surface area contributed by atoms with Gasteiger partial charge in [-0.1, -0.05) is 0 Å². The Morgan fingerprint density at radius 2 is 2.47 bits per heavy atom. The fourth-order valence-electron chi connectivity index (χ4n) is 2.08. The Hall–Kier alpha value is -1.67. The van der Waals surface area contributed by atoms with E-state index in [1.807, 2.05) is 6.07 Å². The van der Waals surface area contributed by atoms with Crippen molar-refractivity contribution in [3.8, 4) is 6.07 Å². The Bertz CT molecular complexity index is 524. The lowest BCUT2D eigenvalue weighted by Crippen LogP contribution is -2.36. The maximum absolute atomic E-state index is 14.2. The van der Waals surface area contributed by atoms with Crippen LogP contribution in [0.4, 0.5) is 4.39 Å². The number of hydrogen-bond acceptors (Lipinski definition) is 3. The van der Waals surface area contributed by atoms with Crippen LogP contribution in [0.5, 0.6) is 0 Å². The predicted octanol–water partition coefficient (Wildman–Crippen LogP) is 0.730. The monoisotopic (exact) mass is 235 g/mol. The number of hydrogen-bond donors (Lipinski definition) is 1. The van der Waals surface area contributed by atoms with Gasteiger partial charge in [-0.3, -0.25) is 4.79 Å². The fourth-order valence-corrected chi connectivity index (χ4v) is 2.08. The van der Waals surface area contributed by atoms with Gasteiger partial charge in [0.1, 0.15) is 17.3 Å². The normalized spacial score (nSPS) is 23.6. The Labute approximate surface area is 98.7 Å². The molecule has 1 aromatic heterocycles. The first-order chi connectivity index (χ1) is 8.06. The number of aryl methyl sites for hydroxylation is 1. The van der Waals surface area contributed by atoms with Crippen LogP contribution in [0.1, 0.15) is 17.5 Å². The second-order valence-electron chi connectivity index (χ2n) is 4.50. The van der Waals surface area contributed by atoms with Gasteiger partial charge in [0.15, 0.2) is 0 Å². The average molecular weight is 235 g/mol. The first-order valence-corrected chi connectivity index (χ1v) is 5.55. The van der Waals surface area contributed by atoms with E-state index in [1.165, 1.54) is 4.57 Å². The van der Waals surface area contributed by atoms with Crippen molar-refractivity contribution in [3.05, 3.63) is 33.7 Å². The number of nitrogens with one attached hydrogen (secondary N) is 1. The van der Waals surface area contributed by atoms with Crippen molar-refractivity contribution in [1.29, 1.82) is 5.26 Å². The highest BCUT2D eigenvalue weighted by Gasteiger charge is 2.34. The van der Waals surface area contributed by atoms with Crippen molar-refractivity contribution >= 4 is 0 Å². The van der Waals surface area contributed by atoms with Crippen LogP contribution in [0.15, 0.2) is 17.1 Å². The third kappa shape index (κ3) is 2.22. The SMILES string of the molecule is Cc1ccn(CC2(F)CCNC2)c(=O)c1C#N. The van der Waals surface area contributed by atoms with Gasteiger partial charge in [-0.15, -0.1) is 0 Å². The van der Waals surface area contributed by atoms with Gasteiger partial charge in [0.25, 0.3) is 5.56 Å². The maximum atomic E-state index is 14.2. The molecule has 0 radical (unpaired) electrons. The predicted molar refractivity (Wildman–Crippen MR) is 61.5 cm³/mol. The molecule has 0 amide bonds. The van der Waals surface area contributed by atoms with Crippen LogP contribution < -0.4 is 10.9 Å². The van der Waals surface area contributed by atoms with Crippen molar-refractivity contribution in [2.24, 2.45) is 0 Å². The average Bonchev–Trinajstić information content (AvgIpc) is 2.71. The molecule has 17 heavy (non-hydrogen) atoms. The molecule has 0 saturated carbocycles. The van der Waals surface area contributed by atoms with Crippen LogP contribution in [-0.4, -0.2) is 23.3 Å². The van der Waals surface area contributed by atoms with Gasteiger partial charge in [0, 0.05) is 12.7 Å². The van der Waals surface area contributed by atoms with Gasteiger partial charge in [0.05, 0.1) is 6.54 Å². The summed E-state index contributed by atoms with van der Waals surface area (Å²) in [5.74, 6) is 0. The summed E-state index contributed by atoms with van der Waals surface area (Å²) in [6, 6.07) is 3.54. The van der Waals surface area contributed by atoms with Crippen molar-refractivity contribution < 1.29 is 4.39 Å². The first kappa shape index (κ1) is 11.8. The summed E-state index contributed by atoms with van der Waals surface area (Å²) in [7, 11) is 0. The highest BCUT2D eigenvalue weighted by Crippen LogP contribution is 2.21. The summed E-state index contributed by atoms with van der Waals surface area (Å²) < 4.78 is 15.5. The number of aromatic nitrogens is 1. The van der Waals surface area contributed by atoms with Gasteiger partial charge in [0.2, 0.25) is 0 Å². The molecule has 1 fully saturated rings. The molecule has 1 aromatic rings. The molecule has 5 heteroatoms. The van der Waals surface area contributed by atoms with E-state index in [2.05, 4.69) is 5.32 Å². The molecule has 1 unspecified atom stereocenters. The van der Waals surface area contributed by atoms with E-state index in [-0.39, 0.29) is 18.7 Å². The molecule has 1 aliphatic rings. The lowest BCUT2D eigenvalue weighted by Gasteiger charge is -2.19. The Kier molecular flexibility index (Phi) is 2.99. The van der Waals surface area contributed by atoms with E-state index in [9.17, 15) is 9.18 Å². The standard InChI is InChI=1S/C12H14FN3O/c1-9-2-5-16(11(17)10(9)6-14)8-12(13)3-4-15-7-12/h2,5,15H,3-4,7-8H2,1H3. The summed E-state index contributed by atoms with van der Waals surface area (Å²) in [6.45, 7) is 2.60. The highest BCUT2D eigenvalue weighted by atomic mass is 19.1. The minimum atomic E-state index is -1.38. The molecular formula is C12H14FN3O. The molecule has 1 aliphatic heterocycles. The molecule has 1 N–H and O–H groups in total. The van der Waals surface area contributed by atoms with Crippen LogP contribution in [-0.2, 0) is 6.54 Å². The number of halogens is 1. The molecule has 1 saturated heterocycles. The Morgan fingerprint density at radius 3 is 3.06 bits per heavy atom. The molecular weight excluding hydrogens is 221 g/mol. The van der Waals surface area contributed by atoms with Crippen LogP contribution >= 0.6 is 0 Å². The number of nitriles is 1. The number of alkyl halides is 1. The smallest absolute Gasteiger partial charge is 0.268 e. The molecule has 4 nitrogen and oxygen atoms in total. The zero-order valence-electron chi connectivity index (χ0n) is 9.66. The molecule has 0 bridgehead atoms. The number of rotatable bonds is 2. The van der Waals surface area contributed by atoms with Crippen LogP contribution in [0.2, 0.25) is 0 Å². The molecule has 0 aromatic carbocycles. The third-order valence-corrected chi connectivity index (χ3v) is 3.13. The maximum Gasteiger partial charge on any atom is 0.268 e. The summed E-state index contributed by atoms with van der Waals surface area (Å²) in [5.41, 5.74) is -1.06. The quantitative estimate of drug-likeness (QED) is 0.822. The lowest BCUT2D eigenvalue weighted by atomic mass is 10.1. The van der Waals surface area contributed by atoms with E-state index < -0.39 is 11.2 Å². The molecule has 2 heterocycles. The number of nitrogens with zero attached hydrogens (tertiary/aromatic N) is 2. The molecule has 0 spiro atoms. The third-order valence-electron chi connectivity index (χ3n) is 3.13. The van der Waals surface area contributed by atoms with Gasteiger partial charge in [-0.2, -0.15) is 5.26 Å². The topological polar surface area (TPSA) is 57.8 Å². The van der Waals surface area contributed by atoms with Gasteiger partial charge in [-0.25, -0.2) is 4.39 Å². The molecule has 2 rings (SSSR count). The van der Waals surface area contributed by atoms with Crippen molar-refractivity contribution in [1.82, 2.24) is 9.88 Å². The Morgan fingerprint density at radius 1 is 1.71 bits per heavy atom. The second-order valence-corrected chi connectivity index (χ2v) is 4.50. The van der Waals surface area contributed by atoms with Gasteiger partial charge < -0.3 is 9.88 Å². The minimum absolute atomic E-state index is 0.00773. The van der Waals surface area contributed by atoms with Crippen LogP contribution in [0.25, 0.3) is 0 Å². The molecule has 0 aliphatic carbocycles. The zero-order valence-corrected chi connectivity index (χ0v) is 9.66. The minimum Gasteiger partial charge on any atom is -0.313 e. The summed E-state index contributed by atoms with van der Waals surface area (Å²) >= 11 is 0. The zero-order chi connectivity index (χ0) is 12.5. The summed E-state index contributed by atoms with van der Waals surface area (Å²) in [4.78, 5) is 11.9. The van der Waals surface area contributed by atoms with Crippen molar-refractivity contribution in [2.45, 2.75) is 25.6 Å². The molecule has 1 atom stereocenters. The van der Waals surface area contributed by atoms with E-state index in [4.69, 9.17) is 5.26 Å². The lowest BCUT2D eigenvalue weighted by molar-refractivity contribution is 0.160. The first-order valence-electron chi connectivity index (χ1n) is 5.55. The van der Waals surface area contributed by atoms with Gasteiger partial charge in [-0.05, 0) is 31.5 Å². The van der Waals surface area contributed by atoms with E-state index >= 15 is 0 Å². The summed E-state index contributed by atoms with van der Waals surface area (Å²) in [5, 5.41) is 11.8. The van der Waals surface area contributed by atoms with Gasteiger partial charge >= 0.3 is 0 Å². The van der Waals surface area contributed by atoms with E-state index in [1.54, 1.807) is 19.2 Å². The summed E-state index contributed by atoms with van der Waals surface area (Å²) in [6.07, 6.45) is 1.95. The molecule has 90 valence electrons.